The van der Waals surface area contributed by atoms with E-state index in [1.54, 1.807) is 31.4 Å². The minimum absolute atomic E-state index is 0.000451. The fraction of sp³-hybridized carbons (Fsp3) is 0.296. The number of benzene rings is 2. The summed E-state index contributed by atoms with van der Waals surface area (Å²) in [5.74, 6) is 2.02. The van der Waals surface area contributed by atoms with Crippen molar-refractivity contribution in [2.24, 2.45) is 0 Å². The molecule has 2 aliphatic rings. The first-order chi connectivity index (χ1) is 17.1. The van der Waals surface area contributed by atoms with Crippen molar-refractivity contribution in [2.75, 3.05) is 31.7 Å². The molecule has 0 saturated carbocycles. The minimum Gasteiger partial charge on any atom is -0.490 e. The molecule has 8 heteroatoms. The van der Waals surface area contributed by atoms with Gasteiger partial charge in [-0.15, -0.1) is 0 Å². The maximum absolute atomic E-state index is 13.7. The van der Waals surface area contributed by atoms with Gasteiger partial charge >= 0.3 is 0 Å². The Morgan fingerprint density at radius 2 is 1.80 bits per heavy atom. The molecule has 2 aromatic carbocycles. The Hall–Kier alpha value is -4.07. The summed E-state index contributed by atoms with van der Waals surface area (Å²) in [6.07, 6.45) is 4.29. The van der Waals surface area contributed by atoms with Gasteiger partial charge in [0.1, 0.15) is 5.75 Å². The predicted molar refractivity (Wildman–Crippen MR) is 130 cm³/mol. The first-order valence-corrected chi connectivity index (χ1v) is 11.8. The largest absolute Gasteiger partial charge is 0.490 e. The van der Waals surface area contributed by atoms with Crippen molar-refractivity contribution in [3.63, 3.8) is 0 Å². The van der Waals surface area contributed by atoms with E-state index >= 15 is 0 Å². The average molecular weight is 474 g/mol. The zero-order chi connectivity index (χ0) is 24.2. The number of amides is 2. The molecule has 0 aliphatic carbocycles. The molecule has 0 fully saturated rings. The lowest BCUT2D eigenvalue weighted by atomic mass is 10.1. The van der Waals surface area contributed by atoms with Gasteiger partial charge in [0.15, 0.2) is 18.1 Å². The van der Waals surface area contributed by atoms with Crippen LogP contribution in [-0.4, -0.2) is 48.5 Å². The molecule has 3 aromatic rings. The van der Waals surface area contributed by atoms with E-state index in [4.69, 9.17) is 14.2 Å². The highest BCUT2D eigenvalue weighted by Crippen LogP contribution is 2.34. The monoisotopic (exact) mass is 473 g/mol. The van der Waals surface area contributed by atoms with Gasteiger partial charge in [-0.05, 0) is 55.7 Å². The van der Waals surface area contributed by atoms with E-state index in [9.17, 15) is 9.59 Å². The van der Waals surface area contributed by atoms with Gasteiger partial charge in [-0.25, -0.2) is 4.98 Å². The van der Waals surface area contributed by atoms with Gasteiger partial charge in [0, 0.05) is 30.9 Å². The molecule has 0 saturated heterocycles. The second kappa shape index (κ2) is 10.0. The highest BCUT2D eigenvalue weighted by Gasteiger charge is 2.25. The molecule has 8 nitrogen and oxygen atoms in total. The lowest BCUT2D eigenvalue weighted by Crippen LogP contribution is -2.36. The van der Waals surface area contributed by atoms with Crippen LogP contribution in [0, 0.1) is 0 Å². The van der Waals surface area contributed by atoms with Crippen LogP contribution in [0.4, 0.5) is 5.69 Å². The van der Waals surface area contributed by atoms with E-state index in [0.717, 1.165) is 24.8 Å². The van der Waals surface area contributed by atoms with E-state index < -0.39 is 0 Å². The Balaban J connectivity index is 1.46. The Labute approximate surface area is 204 Å². The first kappa shape index (κ1) is 22.7. The minimum atomic E-state index is -0.149. The van der Waals surface area contributed by atoms with Crippen molar-refractivity contribution in [1.29, 1.82) is 0 Å². The number of rotatable bonds is 1. The number of likely N-dealkylation sites (N-methyl/N-ethyl adjacent to an activating group) is 1. The second-order valence-corrected chi connectivity index (χ2v) is 8.58. The summed E-state index contributed by atoms with van der Waals surface area (Å²) in [4.78, 5) is 33.5. The van der Waals surface area contributed by atoms with E-state index in [1.165, 1.54) is 4.90 Å². The molecule has 2 amide bonds. The van der Waals surface area contributed by atoms with E-state index in [1.807, 2.05) is 41.3 Å². The van der Waals surface area contributed by atoms with E-state index in [-0.39, 0.29) is 18.4 Å². The SMILES string of the molecule is CN1C(=O)COc2ccc(C(=O)N3CCCCCOc4ccccc4Oc4ncccc4C3)cc21. The molecule has 35 heavy (non-hydrogen) atoms. The highest BCUT2D eigenvalue weighted by molar-refractivity contribution is 6.01. The summed E-state index contributed by atoms with van der Waals surface area (Å²) >= 11 is 0. The van der Waals surface area contributed by atoms with Crippen LogP contribution in [0.15, 0.2) is 60.8 Å². The fourth-order valence-electron chi connectivity index (χ4n) is 4.20. The van der Waals surface area contributed by atoms with Crippen LogP contribution in [0.25, 0.3) is 0 Å². The number of pyridine rings is 1. The maximum Gasteiger partial charge on any atom is 0.264 e. The normalized spacial score (nSPS) is 16.1. The summed E-state index contributed by atoms with van der Waals surface area (Å²) in [6.45, 7) is 1.48. The quantitative estimate of drug-likeness (QED) is 0.520. The number of aromatic nitrogens is 1. The summed E-state index contributed by atoms with van der Waals surface area (Å²) in [5.41, 5.74) is 1.89. The van der Waals surface area contributed by atoms with Crippen LogP contribution in [0.5, 0.6) is 23.1 Å². The lowest BCUT2D eigenvalue weighted by Gasteiger charge is -2.28. The van der Waals surface area contributed by atoms with Crippen LogP contribution >= 0.6 is 0 Å². The Kier molecular flexibility index (Phi) is 6.52. The Bertz CT molecular complexity index is 1240. The fourth-order valence-corrected chi connectivity index (χ4v) is 4.20. The van der Waals surface area contributed by atoms with Gasteiger partial charge in [0.25, 0.3) is 11.8 Å². The number of ether oxygens (including phenoxy) is 3. The zero-order valence-corrected chi connectivity index (χ0v) is 19.6. The van der Waals surface area contributed by atoms with Crippen molar-refractivity contribution >= 4 is 17.5 Å². The van der Waals surface area contributed by atoms with Gasteiger partial charge in [-0.1, -0.05) is 18.2 Å². The van der Waals surface area contributed by atoms with Crippen LogP contribution < -0.4 is 19.1 Å². The summed E-state index contributed by atoms with van der Waals surface area (Å²) in [7, 11) is 1.69. The molecule has 1 aromatic heterocycles. The first-order valence-electron chi connectivity index (χ1n) is 11.8. The van der Waals surface area contributed by atoms with Crippen molar-refractivity contribution in [2.45, 2.75) is 25.8 Å². The van der Waals surface area contributed by atoms with Crippen molar-refractivity contribution in [3.8, 4) is 23.1 Å². The molecule has 0 atom stereocenters. The summed E-state index contributed by atoms with van der Waals surface area (Å²) in [6, 6.07) is 16.5. The summed E-state index contributed by atoms with van der Waals surface area (Å²) in [5, 5.41) is 0. The van der Waals surface area contributed by atoms with Gasteiger partial charge in [0.05, 0.1) is 18.8 Å². The number of anilines is 1. The average Bonchev–Trinajstić information content (AvgIpc) is 2.90. The van der Waals surface area contributed by atoms with Crippen molar-refractivity contribution in [3.05, 3.63) is 71.9 Å². The highest BCUT2D eigenvalue weighted by atomic mass is 16.5. The smallest absolute Gasteiger partial charge is 0.264 e. The van der Waals surface area contributed by atoms with Crippen LogP contribution in [0.2, 0.25) is 0 Å². The number of fused-ring (bicyclic) bond motifs is 3. The summed E-state index contributed by atoms with van der Waals surface area (Å²) < 4.78 is 17.6. The lowest BCUT2D eigenvalue weighted by molar-refractivity contribution is -0.120. The molecule has 180 valence electrons. The number of hydrogen-bond donors (Lipinski definition) is 0. The molecule has 0 radical (unpaired) electrons. The molecule has 0 N–H and O–H groups in total. The predicted octanol–water partition coefficient (Wildman–Crippen LogP) is 4.43. The number of nitrogens with zero attached hydrogens (tertiary/aromatic N) is 3. The third-order valence-corrected chi connectivity index (χ3v) is 6.18. The standard InChI is InChI=1S/C27H27N3O5/c1-29-21-16-19(11-12-22(21)34-18-25(29)31)27(32)30-14-5-2-6-15-33-23-9-3-4-10-24(23)35-26-20(17-30)8-7-13-28-26/h3-4,7-13,16H,2,5-6,14-15,17-18H2,1H3. The number of hydrogen-bond acceptors (Lipinski definition) is 6. The molecule has 0 unspecified atom stereocenters. The third kappa shape index (κ3) is 4.91. The topological polar surface area (TPSA) is 81.2 Å². The van der Waals surface area contributed by atoms with Gasteiger partial charge in [-0.2, -0.15) is 0 Å². The maximum atomic E-state index is 13.7. The molecular formula is C27H27N3O5. The van der Waals surface area contributed by atoms with Gasteiger partial charge < -0.3 is 24.0 Å². The van der Waals surface area contributed by atoms with E-state index in [0.29, 0.717) is 54.1 Å². The number of carbonyl (C=O) groups is 2. The van der Waals surface area contributed by atoms with Crippen LogP contribution in [0.3, 0.4) is 0 Å². The van der Waals surface area contributed by atoms with E-state index in [2.05, 4.69) is 4.98 Å². The Morgan fingerprint density at radius 1 is 0.943 bits per heavy atom. The molecule has 2 aliphatic heterocycles. The van der Waals surface area contributed by atoms with Gasteiger partial charge in [0.2, 0.25) is 5.88 Å². The number of para-hydroxylation sites is 2. The van der Waals surface area contributed by atoms with Crippen LogP contribution in [0.1, 0.15) is 35.2 Å². The third-order valence-electron chi connectivity index (χ3n) is 6.18. The molecule has 5 rings (SSSR count). The number of carbonyl (C=O) groups excluding carboxylic acids is 2. The zero-order valence-electron chi connectivity index (χ0n) is 19.6. The second-order valence-electron chi connectivity index (χ2n) is 8.58. The molecular weight excluding hydrogens is 446 g/mol. The van der Waals surface area contributed by atoms with Gasteiger partial charge in [-0.3, -0.25) is 9.59 Å². The van der Waals surface area contributed by atoms with Crippen LogP contribution in [-0.2, 0) is 11.3 Å². The molecule has 3 heterocycles. The molecule has 0 spiro atoms. The van der Waals surface area contributed by atoms with Crippen molar-refractivity contribution in [1.82, 2.24) is 9.88 Å². The molecule has 0 bridgehead atoms. The Morgan fingerprint density at radius 3 is 2.69 bits per heavy atom. The van der Waals surface area contributed by atoms with Crippen molar-refractivity contribution < 1.29 is 23.8 Å².